The Morgan fingerprint density at radius 2 is 0.692 bits per heavy atom. The van der Waals surface area contributed by atoms with Gasteiger partial charge >= 0.3 is 12.4 Å². The van der Waals surface area contributed by atoms with E-state index in [9.17, 15) is 30.7 Å². The van der Waals surface area contributed by atoms with Crippen molar-refractivity contribution in [2.24, 2.45) is 0 Å². The molecule has 0 aliphatic rings. The summed E-state index contributed by atoms with van der Waals surface area (Å²) in [7, 11) is 0. The summed E-state index contributed by atoms with van der Waals surface area (Å²) in [6, 6.07) is 56.4. The molecule has 9 nitrogen and oxygen atoms in total. The zero-order valence-electron chi connectivity index (χ0n) is 40.2. The van der Waals surface area contributed by atoms with Crippen LogP contribution in [0.15, 0.2) is 200 Å². The van der Waals surface area contributed by atoms with Crippen molar-refractivity contribution < 1.29 is 30.7 Å². The van der Waals surface area contributed by atoms with Gasteiger partial charge < -0.3 is 16.0 Å². The van der Waals surface area contributed by atoms with Gasteiger partial charge in [-0.05, 0) is 120 Å². The number of H-pyrrole nitrogens is 3. The van der Waals surface area contributed by atoms with Gasteiger partial charge in [0, 0.05) is 49.9 Å². The lowest BCUT2D eigenvalue weighted by molar-refractivity contribution is -0.138. The Morgan fingerprint density at radius 1 is 0.346 bits per heavy atom. The zero-order chi connectivity index (χ0) is 54.6. The molecular weight excluding hydrogens is 1070 g/mol. The van der Waals surface area contributed by atoms with E-state index in [0.29, 0.717) is 49.4 Å². The van der Waals surface area contributed by atoms with Gasteiger partial charge in [0.25, 0.3) is 0 Å². The van der Waals surface area contributed by atoms with Crippen LogP contribution in [0.5, 0.6) is 0 Å². The Hall–Kier alpha value is -8.83. The van der Waals surface area contributed by atoms with Crippen molar-refractivity contribution in [2.75, 3.05) is 16.0 Å². The second-order valence-corrected chi connectivity index (χ2v) is 18.7. The molecule has 78 heavy (non-hydrogen) atoms. The SMILES string of the molecule is FC(F)(F)c1ccc(Nc2n[nH]c3cc(Cl)c(-c4ccccc4)cc23)cc1.FC(F)(F)c1cccc(Nc2n[nH]c3cc(Cl)c(-c4ccccc4)cc23)c1.Fc1ccc(Nc2n[nH]c3cc(Cl)c(-c4ccccc4)cc23)cc1. The molecule has 0 aliphatic carbocycles. The van der Waals surface area contributed by atoms with Gasteiger partial charge in [-0.2, -0.15) is 41.6 Å². The first-order valence-corrected chi connectivity index (χ1v) is 24.8. The van der Waals surface area contributed by atoms with Crippen LogP contribution in [0.3, 0.4) is 0 Å². The molecule has 0 unspecified atom stereocenters. The van der Waals surface area contributed by atoms with Crippen molar-refractivity contribution in [2.45, 2.75) is 12.4 Å². The molecule has 0 saturated heterocycles. The Labute approximate surface area is 455 Å². The standard InChI is InChI=1S/2C20H13ClF3N3.C19H13ClFN3/c21-17-11-18-16(10-15(17)12-5-2-1-3-6-12)19(27-26-18)25-14-8-4-7-13(9-14)20(22,23)24;21-17-11-18-16(10-15(17)12-4-2-1-3-5-12)19(27-26-18)25-14-8-6-13(7-9-14)20(22,23)24;20-17-11-18-16(10-15(17)12-4-2-1-3-5-12)19(24-23-18)22-14-8-6-13(21)7-9-14/h2*1-11H,(H2,25,26,27);1-11H,(H2,22,23,24). The van der Waals surface area contributed by atoms with Crippen LogP contribution in [0.25, 0.3) is 66.1 Å². The van der Waals surface area contributed by atoms with Gasteiger partial charge in [0.1, 0.15) is 5.82 Å². The molecular formula is C59H39Cl3F7N9. The average molecular weight is 1110 g/mol. The minimum atomic E-state index is -4.40. The Morgan fingerprint density at radius 3 is 1.05 bits per heavy atom. The van der Waals surface area contributed by atoms with E-state index < -0.39 is 23.5 Å². The molecule has 9 aromatic carbocycles. The molecule has 12 aromatic rings. The van der Waals surface area contributed by atoms with Crippen LogP contribution in [0.1, 0.15) is 11.1 Å². The quantitative estimate of drug-likeness (QED) is 0.0801. The maximum Gasteiger partial charge on any atom is 0.416 e. The number of nitrogens with one attached hydrogen (secondary N) is 6. The number of fused-ring (bicyclic) bond motifs is 3. The summed E-state index contributed by atoms with van der Waals surface area (Å²) >= 11 is 19.2. The highest BCUT2D eigenvalue weighted by atomic mass is 35.5. The highest BCUT2D eigenvalue weighted by Gasteiger charge is 2.31. The van der Waals surface area contributed by atoms with Crippen LogP contribution < -0.4 is 16.0 Å². The second-order valence-electron chi connectivity index (χ2n) is 17.5. The van der Waals surface area contributed by atoms with E-state index in [1.165, 1.54) is 30.3 Å². The third-order valence-electron chi connectivity index (χ3n) is 12.2. The van der Waals surface area contributed by atoms with Crippen LogP contribution in [0.4, 0.5) is 65.2 Å². The number of anilines is 6. The first-order valence-electron chi connectivity index (χ1n) is 23.6. The van der Waals surface area contributed by atoms with Crippen molar-refractivity contribution in [3.05, 3.63) is 232 Å². The summed E-state index contributed by atoms with van der Waals surface area (Å²) in [4.78, 5) is 0. The number of benzene rings is 9. The molecule has 0 saturated carbocycles. The first kappa shape index (κ1) is 52.6. The van der Waals surface area contributed by atoms with E-state index in [2.05, 4.69) is 46.5 Å². The minimum absolute atomic E-state index is 0.273. The lowest BCUT2D eigenvalue weighted by Gasteiger charge is -2.10. The van der Waals surface area contributed by atoms with Crippen molar-refractivity contribution in [1.82, 2.24) is 30.6 Å². The smallest absolute Gasteiger partial charge is 0.338 e. The number of nitrogens with zero attached hydrogens (tertiary/aromatic N) is 3. The molecule has 0 atom stereocenters. The third-order valence-corrected chi connectivity index (χ3v) is 13.2. The molecule has 6 N–H and O–H groups in total. The van der Waals surface area contributed by atoms with E-state index >= 15 is 0 Å². The van der Waals surface area contributed by atoms with Crippen LogP contribution in [-0.2, 0) is 12.4 Å². The van der Waals surface area contributed by atoms with Gasteiger partial charge in [-0.25, -0.2) is 4.39 Å². The predicted octanol–water partition coefficient (Wildman–Crippen LogP) is 19.1. The van der Waals surface area contributed by atoms with Gasteiger partial charge in [0.2, 0.25) is 0 Å². The number of hydrogen-bond acceptors (Lipinski definition) is 6. The van der Waals surface area contributed by atoms with Gasteiger partial charge in [-0.3, -0.25) is 15.3 Å². The van der Waals surface area contributed by atoms with E-state index in [1.54, 1.807) is 30.3 Å². The van der Waals surface area contributed by atoms with Gasteiger partial charge in [-0.15, -0.1) is 0 Å². The number of alkyl halides is 6. The van der Waals surface area contributed by atoms with Gasteiger partial charge in [0.15, 0.2) is 17.5 Å². The van der Waals surface area contributed by atoms with E-state index in [1.807, 2.05) is 115 Å². The molecule has 390 valence electrons. The van der Waals surface area contributed by atoms with Gasteiger partial charge in [0.05, 0.1) is 42.7 Å². The molecule has 19 heteroatoms. The number of aromatic amines is 3. The number of aromatic nitrogens is 6. The number of rotatable bonds is 9. The Balaban J connectivity index is 0.000000133. The Kier molecular flexibility index (Phi) is 15.1. The number of halogens is 10. The fourth-order valence-corrected chi connectivity index (χ4v) is 9.19. The molecule has 0 fully saturated rings. The van der Waals surface area contributed by atoms with Crippen molar-refractivity contribution in [3.63, 3.8) is 0 Å². The molecule has 3 heterocycles. The molecule has 12 rings (SSSR count). The molecule has 0 bridgehead atoms. The fourth-order valence-electron chi connectivity index (χ4n) is 8.38. The molecule has 0 spiro atoms. The third kappa shape index (κ3) is 12.1. The number of hydrogen-bond donors (Lipinski definition) is 6. The Bertz CT molecular complexity index is 4020. The minimum Gasteiger partial charge on any atom is -0.338 e. The summed E-state index contributed by atoms with van der Waals surface area (Å²) < 4.78 is 89.9. The second kappa shape index (κ2) is 22.4. The van der Waals surface area contributed by atoms with Crippen LogP contribution in [0.2, 0.25) is 15.1 Å². The van der Waals surface area contributed by atoms with Crippen LogP contribution in [-0.4, -0.2) is 30.6 Å². The first-order chi connectivity index (χ1) is 37.5. The van der Waals surface area contributed by atoms with E-state index in [-0.39, 0.29) is 5.82 Å². The molecule has 0 amide bonds. The molecule has 0 radical (unpaired) electrons. The summed E-state index contributed by atoms with van der Waals surface area (Å²) in [6.07, 6.45) is -8.77. The van der Waals surface area contributed by atoms with E-state index in [4.69, 9.17) is 34.8 Å². The van der Waals surface area contributed by atoms with Gasteiger partial charge in [-0.1, -0.05) is 132 Å². The van der Waals surface area contributed by atoms with Crippen LogP contribution >= 0.6 is 34.8 Å². The summed E-state index contributed by atoms with van der Waals surface area (Å²) in [5, 5.41) is 34.9. The molecule has 3 aromatic heterocycles. The molecule has 0 aliphatic heterocycles. The lowest BCUT2D eigenvalue weighted by atomic mass is 10.0. The highest BCUT2D eigenvalue weighted by Crippen LogP contribution is 2.39. The zero-order valence-corrected chi connectivity index (χ0v) is 42.4. The predicted molar refractivity (Wildman–Crippen MR) is 299 cm³/mol. The lowest BCUT2D eigenvalue weighted by Crippen LogP contribution is -2.05. The summed E-state index contributed by atoms with van der Waals surface area (Å²) in [5.41, 5.74) is 7.96. The van der Waals surface area contributed by atoms with E-state index in [0.717, 1.165) is 90.5 Å². The topological polar surface area (TPSA) is 122 Å². The van der Waals surface area contributed by atoms with Crippen LogP contribution in [0, 0.1) is 5.82 Å². The summed E-state index contributed by atoms with van der Waals surface area (Å²) in [6.45, 7) is 0. The summed E-state index contributed by atoms with van der Waals surface area (Å²) in [5.74, 6) is 1.34. The normalized spacial score (nSPS) is 11.5. The fraction of sp³-hybridized carbons (Fsp3) is 0.0339. The van der Waals surface area contributed by atoms with Crippen molar-refractivity contribution in [1.29, 1.82) is 0 Å². The van der Waals surface area contributed by atoms with Crippen molar-refractivity contribution in [3.8, 4) is 33.4 Å². The maximum absolute atomic E-state index is 13.0. The highest BCUT2D eigenvalue weighted by molar-refractivity contribution is 6.35. The maximum atomic E-state index is 13.0. The van der Waals surface area contributed by atoms with Crippen molar-refractivity contribution >= 4 is 102 Å². The monoisotopic (exact) mass is 1110 g/mol. The average Bonchev–Trinajstić information content (AvgIpc) is 4.22. The largest absolute Gasteiger partial charge is 0.416 e.